The molecule has 0 saturated heterocycles. The Morgan fingerprint density at radius 1 is 1.17 bits per heavy atom. The Balaban J connectivity index is 1.61. The molecule has 4 aromatic rings. The van der Waals surface area contributed by atoms with Gasteiger partial charge in [0, 0.05) is 23.8 Å². The zero-order valence-corrected chi connectivity index (χ0v) is 12.8. The first kappa shape index (κ1) is 14.1. The minimum absolute atomic E-state index is 0.232. The first-order chi connectivity index (χ1) is 11.7. The topological polar surface area (TPSA) is 85.8 Å². The Labute approximate surface area is 137 Å². The number of fused-ring (bicyclic) bond motifs is 1. The first-order valence-electron chi connectivity index (χ1n) is 7.33. The largest absolute Gasteiger partial charge is 0.451 e. The predicted octanol–water partition coefficient (Wildman–Crippen LogP) is 2.97. The molecule has 0 bridgehead atoms. The van der Waals surface area contributed by atoms with Crippen LogP contribution in [0.15, 0.2) is 59.5 Å². The van der Waals surface area contributed by atoms with Crippen LogP contribution in [0.5, 0.6) is 0 Å². The van der Waals surface area contributed by atoms with E-state index in [1.807, 2.05) is 31.2 Å². The lowest BCUT2D eigenvalue weighted by Crippen LogP contribution is -2.13. The number of nitrogens with one attached hydrogen (secondary N) is 1. The first-order valence-corrected chi connectivity index (χ1v) is 7.33. The summed E-state index contributed by atoms with van der Waals surface area (Å²) in [6.45, 7) is 1.87. The van der Waals surface area contributed by atoms with E-state index in [1.54, 1.807) is 29.1 Å². The highest BCUT2D eigenvalue weighted by Gasteiger charge is 2.13. The van der Waals surface area contributed by atoms with Gasteiger partial charge in [-0.3, -0.25) is 9.36 Å². The maximum atomic E-state index is 12.4. The molecule has 0 spiro atoms. The SMILES string of the molecule is Cc1nccn1-c1cc(NC(=O)c2cc3ccccc3o2)ncn1. The third-order valence-electron chi connectivity index (χ3n) is 3.62. The molecule has 7 nitrogen and oxygen atoms in total. The van der Waals surface area contributed by atoms with Gasteiger partial charge in [-0.25, -0.2) is 15.0 Å². The highest BCUT2D eigenvalue weighted by atomic mass is 16.3. The molecule has 0 saturated carbocycles. The number of furan rings is 1. The zero-order chi connectivity index (χ0) is 16.5. The standard InChI is InChI=1S/C17H13N5O2/c1-11-18-6-7-22(11)16-9-15(19-10-20-16)21-17(23)14-8-12-4-2-3-5-13(12)24-14/h2-10H,1H3,(H,19,20,21,23). The van der Waals surface area contributed by atoms with E-state index in [0.29, 0.717) is 17.2 Å². The zero-order valence-electron chi connectivity index (χ0n) is 12.8. The summed E-state index contributed by atoms with van der Waals surface area (Å²) in [7, 11) is 0. The van der Waals surface area contributed by atoms with Crippen molar-refractivity contribution in [1.29, 1.82) is 0 Å². The quantitative estimate of drug-likeness (QED) is 0.627. The van der Waals surface area contributed by atoms with Gasteiger partial charge < -0.3 is 9.73 Å². The van der Waals surface area contributed by atoms with Crippen molar-refractivity contribution in [3.8, 4) is 5.82 Å². The van der Waals surface area contributed by atoms with Crippen LogP contribution in [0.2, 0.25) is 0 Å². The number of aryl methyl sites for hydroxylation is 1. The third kappa shape index (κ3) is 2.52. The monoisotopic (exact) mass is 319 g/mol. The number of aromatic nitrogens is 4. The van der Waals surface area contributed by atoms with Gasteiger partial charge in [0.15, 0.2) is 5.76 Å². The Morgan fingerprint density at radius 2 is 2.04 bits per heavy atom. The summed E-state index contributed by atoms with van der Waals surface area (Å²) >= 11 is 0. The molecule has 0 unspecified atom stereocenters. The van der Waals surface area contributed by atoms with Crippen molar-refractivity contribution in [2.24, 2.45) is 0 Å². The van der Waals surface area contributed by atoms with Gasteiger partial charge in [-0.15, -0.1) is 0 Å². The second-order valence-corrected chi connectivity index (χ2v) is 5.21. The van der Waals surface area contributed by atoms with E-state index < -0.39 is 0 Å². The summed E-state index contributed by atoms with van der Waals surface area (Å²) in [5.74, 6) is 1.68. The molecule has 7 heteroatoms. The molecule has 24 heavy (non-hydrogen) atoms. The van der Waals surface area contributed by atoms with Crippen molar-refractivity contribution in [2.45, 2.75) is 6.92 Å². The van der Waals surface area contributed by atoms with Crippen LogP contribution in [0, 0.1) is 6.92 Å². The van der Waals surface area contributed by atoms with E-state index in [-0.39, 0.29) is 11.7 Å². The number of hydrogen-bond donors (Lipinski definition) is 1. The number of anilines is 1. The highest BCUT2D eigenvalue weighted by Crippen LogP contribution is 2.20. The molecule has 1 aromatic carbocycles. The van der Waals surface area contributed by atoms with Crippen molar-refractivity contribution in [2.75, 3.05) is 5.32 Å². The van der Waals surface area contributed by atoms with Gasteiger partial charge in [0.1, 0.15) is 29.4 Å². The minimum atomic E-state index is -0.363. The number of hydrogen-bond acceptors (Lipinski definition) is 5. The summed E-state index contributed by atoms with van der Waals surface area (Å²) < 4.78 is 7.36. The number of amides is 1. The molecule has 3 heterocycles. The fraction of sp³-hybridized carbons (Fsp3) is 0.0588. The van der Waals surface area contributed by atoms with Gasteiger partial charge in [0.05, 0.1) is 0 Å². The Kier molecular flexibility index (Phi) is 3.31. The normalized spacial score (nSPS) is 10.9. The second kappa shape index (κ2) is 5.62. The molecule has 0 radical (unpaired) electrons. The summed E-state index contributed by atoms with van der Waals surface area (Å²) in [6.07, 6.45) is 4.87. The van der Waals surface area contributed by atoms with E-state index >= 15 is 0 Å². The van der Waals surface area contributed by atoms with Crippen LogP contribution in [0.1, 0.15) is 16.4 Å². The van der Waals surface area contributed by atoms with Crippen molar-refractivity contribution in [1.82, 2.24) is 19.5 Å². The van der Waals surface area contributed by atoms with E-state index in [2.05, 4.69) is 20.3 Å². The molecule has 3 aromatic heterocycles. The van der Waals surface area contributed by atoms with E-state index in [4.69, 9.17) is 4.42 Å². The van der Waals surface area contributed by atoms with Gasteiger partial charge >= 0.3 is 0 Å². The number of para-hydroxylation sites is 1. The summed E-state index contributed by atoms with van der Waals surface area (Å²) in [5.41, 5.74) is 0.667. The molecule has 0 aliphatic rings. The number of imidazole rings is 1. The van der Waals surface area contributed by atoms with Crippen LogP contribution >= 0.6 is 0 Å². The molecule has 4 rings (SSSR count). The molecule has 0 atom stereocenters. The highest BCUT2D eigenvalue weighted by molar-refractivity contribution is 6.04. The molecule has 0 aliphatic heterocycles. The smallest absolute Gasteiger partial charge is 0.292 e. The minimum Gasteiger partial charge on any atom is -0.451 e. The summed E-state index contributed by atoms with van der Waals surface area (Å²) in [4.78, 5) is 24.8. The molecular formula is C17H13N5O2. The van der Waals surface area contributed by atoms with Gasteiger partial charge in [-0.1, -0.05) is 18.2 Å². The second-order valence-electron chi connectivity index (χ2n) is 5.21. The van der Waals surface area contributed by atoms with E-state index in [1.165, 1.54) is 6.33 Å². The number of benzene rings is 1. The maximum absolute atomic E-state index is 12.4. The molecule has 0 fully saturated rings. The number of rotatable bonds is 3. The lowest BCUT2D eigenvalue weighted by atomic mass is 10.2. The average Bonchev–Trinajstić information content (AvgIpc) is 3.21. The fourth-order valence-electron chi connectivity index (χ4n) is 2.44. The lowest BCUT2D eigenvalue weighted by molar-refractivity contribution is 0.0998. The van der Waals surface area contributed by atoms with Crippen LogP contribution in [0.25, 0.3) is 16.8 Å². The van der Waals surface area contributed by atoms with Gasteiger partial charge in [0.25, 0.3) is 5.91 Å². The van der Waals surface area contributed by atoms with Gasteiger partial charge in [-0.05, 0) is 19.1 Å². The Bertz CT molecular complexity index is 1000. The van der Waals surface area contributed by atoms with Crippen LogP contribution < -0.4 is 5.32 Å². The van der Waals surface area contributed by atoms with Crippen molar-refractivity contribution in [3.05, 3.63) is 66.7 Å². The van der Waals surface area contributed by atoms with Gasteiger partial charge in [-0.2, -0.15) is 0 Å². The third-order valence-corrected chi connectivity index (χ3v) is 3.62. The molecule has 0 aliphatic carbocycles. The van der Waals surface area contributed by atoms with Crippen LogP contribution in [-0.4, -0.2) is 25.4 Å². The molecule has 1 N–H and O–H groups in total. The van der Waals surface area contributed by atoms with E-state index in [9.17, 15) is 4.79 Å². The average molecular weight is 319 g/mol. The molecule has 118 valence electrons. The number of carbonyl (C=O) groups is 1. The molecule has 1 amide bonds. The van der Waals surface area contributed by atoms with Crippen LogP contribution in [-0.2, 0) is 0 Å². The van der Waals surface area contributed by atoms with Crippen molar-refractivity contribution in [3.63, 3.8) is 0 Å². The fourth-order valence-corrected chi connectivity index (χ4v) is 2.44. The lowest BCUT2D eigenvalue weighted by Gasteiger charge is -2.06. The summed E-state index contributed by atoms with van der Waals surface area (Å²) in [5, 5.41) is 3.60. The van der Waals surface area contributed by atoms with Crippen LogP contribution in [0.3, 0.4) is 0 Å². The number of nitrogens with zero attached hydrogens (tertiary/aromatic N) is 4. The molecular weight excluding hydrogens is 306 g/mol. The summed E-state index contributed by atoms with van der Waals surface area (Å²) in [6, 6.07) is 10.8. The van der Waals surface area contributed by atoms with E-state index in [0.717, 1.165) is 11.2 Å². The van der Waals surface area contributed by atoms with Gasteiger partial charge in [0.2, 0.25) is 0 Å². The number of carbonyl (C=O) groups excluding carboxylic acids is 1. The predicted molar refractivity (Wildman–Crippen MR) is 88.1 cm³/mol. The Hall–Kier alpha value is -3.48. The van der Waals surface area contributed by atoms with Crippen LogP contribution in [0.4, 0.5) is 5.82 Å². The van der Waals surface area contributed by atoms with Crippen molar-refractivity contribution >= 4 is 22.7 Å². The van der Waals surface area contributed by atoms with Crippen molar-refractivity contribution < 1.29 is 9.21 Å². The maximum Gasteiger partial charge on any atom is 0.292 e. The Morgan fingerprint density at radius 3 is 2.83 bits per heavy atom.